The molecule has 0 radical (unpaired) electrons. The number of nitrogens with zero attached hydrogens (tertiary/aromatic N) is 1. The maximum absolute atomic E-state index is 12.5. The molecule has 0 aliphatic carbocycles. The zero-order valence-corrected chi connectivity index (χ0v) is 28.9. The van der Waals surface area contributed by atoms with Gasteiger partial charge in [-0.3, -0.25) is 28.0 Å². The van der Waals surface area contributed by atoms with Crippen molar-refractivity contribution in [2.24, 2.45) is 0 Å². The Labute approximate surface area is 286 Å². The van der Waals surface area contributed by atoms with Gasteiger partial charge in [0.2, 0.25) is 5.91 Å². The zero-order chi connectivity index (χ0) is 30.9. The number of ether oxygens (including phenoxy) is 2. The van der Waals surface area contributed by atoms with E-state index in [0.29, 0.717) is 4.57 Å². The molecule has 0 bridgehead atoms. The van der Waals surface area contributed by atoms with E-state index in [1.165, 1.54) is 0 Å². The van der Waals surface area contributed by atoms with Gasteiger partial charge in [-0.25, -0.2) is 4.79 Å². The second-order valence-corrected chi connectivity index (χ2v) is 12.7. The number of aromatic amines is 1. The van der Waals surface area contributed by atoms with Gasteiger partial charge in [0.15, 0.2) is 13.8 Å². The number of aliphatic hydroxyl groups is 6. The summed E-state index contributed by atoms with van der Waals surface area (Å²) in [5, 5.41) is 62.5. The first kappa shape index (κ1) is 41.2. The summed E-state index contributed by atoms with van der Waals surface area (Å²) < 4.78 is 44.4. The molecule has 3 heterocycles. The topological polar surface area (TPSA) is 323 Å². The smallest absolute Gasteiger partial charge is 0.776 e. The molecule has 2 fully saturated rings. The first-order valence-corrected chi connectivity index (χ1v) is 14.9. The molecule has 3 unspecified atom stereocenters. The Hall–Kier alpha value is 0.130. The van der Waals surface area contributed by atoms with Crippen LogP contribution in [-0.4, -0.2) is 114 Å². The summed E-state index contributed by atoms with van der Waals surface area (Å²) in [6.45, 7) is -0.932. The third kappa shape index (κ3) is 10.3. The van der Waals surface area contributed by atoms with Crippen molar-refractivity contribution in [1.82, 2.24) is 14.9 Å². The first-order chi connectivity index (χ1) is 19.0. The molecule has 0 aromatic carbocycles. The van der Waals surface area contributed by atoms with E-state index in [1.807, 2.05) is 4.98 Å². The number of rotatable bonds is 11. The molecule has 1 aromatic heterocycles. The second-order valence-electron chi connectivity index (χ2n) is 9.25. The van der Waals surface area contributed by atoms with Crippen molar-refractivity contribution in [2.75, 3.05) is 13.2 Å². The standard InChI is InChI=1S/C19H31N3O17P2.2Na/c1-7(24)20-13-8(37-9(5-23)14(27)16(13)29)4-12(26)40(32,33)39-41(34,35)36-6-10-15(28)17(30)18(38-10)22-3-2-11(25)21-19(22)31;;/h2-3,8-10,12-18,23,26-30H,4-6H2,1H3,(H,20,24)(H,32,33)(H,34,35)(H,21,25,31);;/q;2*+1/p-2/t8-,9-,10-,12?,13+,14-,15-,16-,17-,18-;;/m1../s1. The van der Waals surface area contributed by atoms with Crippen molar-refractivity contribution < 1.29 is 132 Å². The monoisotopic (exact) mass is 679 g/mol. The van der Waals surface area contributed by atoms with Crippen LogP contribution in [0.15, 0.2) is 21.9 Å². The predicted molar refractivity (Wildman–Crippen MR) is 125 cm³/mol. The number of hydrogen-bond donors (Lipinski definition) is 8. The summed E-state index contributed by atoms with van der Waals surface area (Å²) in [5.41, 5.74) is -1.79. The largest absolute Gasteiger partial charge is 1.00 e. The maximum atomic E-state index is 12.5. The third-order valence-corrected chi connectivity index (χ3v) is 9.40. The van der Waals surface area contributed by atoms with Gasteiger partial charge >= 0.3 is 64.8 Å². The van der Waals surface area contributed by atoms with E-state index >= 15 is 0 Å². The van der Waals surface area contributed by atoms with E-state index in [-0.39, 0.29) is 59.1 Å². The molecule has 2 aliphatic rings. The number of phosphoric ester groups is 1. The van der Waals surface area contributed by atoms with Gasteiger partial charge in [-0.1, -0.05) is 0 Å². The summed E-state index contributed by atoms with van der Waals surface area (Å²) in [4.78, 5) is 61.3. The van der Waals surface area contributed by atoms with E-state index in [9.17, 15) is 63.9 Å². The van der Waals surface area contributed by atoms with Gasteiger partial charge in [-0.2, -0.15) is 0 Å². The molecule has 1 aromatic rings. The number of aliphatic hydroxyl groups excluding tert-OH is 6. The van der Waals surface area contributed by atoms with Gasteiger partial charge in [0, 0.05) is 25.6 Å². The van der Waals surface area contributed by atoms with Crippen LogP contribution in [0.5, 0.6) is 0 Å². The number of hydrogen-bond acceptors (Lipinski definition) is 17. The molecule has 20 nitrogen and oxygen atoms in total. The Bertz CT molecular complexity index is 1300. The molecule has 24 heteroatoms. The number of nitrogens with one attached hydrogen (secondary N) is 2. The zero-order valence-electron chi connectivity index (χ0n) is 23.1. The predicted octanol–water partition coefficient (Wildman–Crippen LogP) is -12.1. The van der Waals surface area contributed by atoms with Crippen LogP contribution in [-0.2, 0) is 32.2 Å². The molecule has 1 amide bonds. The van der Waals surface area contributed by atoms with E-state index in [4.69, 9.17) is 9.47 Å². The Kier molecular flexibility index (Phi) is 16.1. The van der Waals surface area contributed by atoms with E-state index in [0.717, 1.165) is 19.2 Å². The van der Waals surface area contributed by atoms with Crippen LogP contribution in [0.1, 0.15) is 19.6 Å². The van der Waals surface area contributed by atoms with Gasteiger partial charge in [-0.05, 0) is 0 Å². The van der Waals surface area contributed by atoms with E-state index in [2.05, 4.69) is 14.2 Å². The van der Waals surface area contributed by atoms with Crippen LogP contribution in [0.25, 0.3) is 0 Å². The van der Waals surface area contributed by atoms with Crippen LogP contribution in [0.2, 0.25) is 0 Å². The Morgan fingerprint density at radius 3 is 2.23 bits per heavy atom. The van der Waals surface area contributed by atoms with Gasteiger partial charge in [0.25, 0.3) is 13.4 Å². The van der Waals surface area contributed by atoms with Crippen LogP contribution in [0.3, 0.4) is 0 Å². The number of aromatic nitrogens is 2. The molecule has 12 atom stereocenters. The van der Waals surface area contributed by atoms with Crippen molar-refractivity contribution >= 4 is 21.3 Å². The van der Waals surface area contributed by atoms with Gasteiger partial charge < -0.3 is 64.3 Å². The Morgan fingerprint density at radius 2 is 1.67 bits per heavy atom. The summed E-state index contributed by atoms with van der Waals surface area (Å²) in [6.07, 6.45) is -13.4. The third-order valence-electron chi connectivity index (χ3n) is 6.28. The first-order valence-electron chi connectivity index (χ1n) is 11.9. The number of carbonyl (C=O) groups excluding carboxylic acids is 1. The van der Waals surface area contributed by atoms with Crippen molar-refractivity contribution in [3.8, 4) is 0 Å². The summed E-state index contributed by atoms with van der Waals surface area (Å²) in [6, 6.07) is -0.570. The maximum Gasteiger partial charge on any atom is 1.00 e. The van der Waals surface area contributed by atoms with Crippen LogP contribution in [0.4, 0.5) is 0 Å². The van der Waals surface area contributed by atoms with Crippen LogP contribution < -0.4 is 85.5 Å². The average Bonchev–Trinajstić information content (AvgIpc) is 3.14. The van der Waals surface area contributed by atoms with Gasteiger partial charge in [-0.15, -0.1) is 0 Å². The number of amides is 1. The van der Waals surface area contributed by atoms with Crippen molar-refractivity contribution in [3.05, 3.63) is 33.1 Å². The molecule has 2 saturated heterocycles. The fourth-order valence-electron chi connectivity index (χ4n) is 4.25. The molecule has 0 saturated carbocycles. The Balaban J connectivity index is 0.00000462. The average molecular weight is 679 g/mol. The van der Waals surface area contributed by atoms with Crippen molar-refractivity contribution in [3.63, 3.8) is 0 Å². The number of carbonyl (C=O) groups is 1. The van der Waals surface area contributed by atoms with Crippen LogP contribution in [0, 0.1) is 0 Å². The molecular weight excluding hydrogens is 650 g/mol. The molecule has 8 N–H and O–H groups in total. The minimum absolute atomic E-state index is 0. The minimum Gasteiger partial charge on any atom is -0.776 e. The number of phosphoric acid groups is 1. The quantitative estimate of drug-likeness (QED) is 0.0795. The molecule has 3 rings (SSSR count). The molecule has 234 valence electrons. The summed E-state index contributed by atoms with van der Waals surface area (Å²) >= 11 is 0. The number of H-pyrrole nitrogens is 1. The molecule has 2 aliphatic heterocycles. The minimum atomic E-state index is -5.82. The van der Waals surface area contributed by atoms with Gasteiger partial charge in [0.1, 0.15) is 42.5 Å². The molecule has 43 heavy (non-hydrogen) atoms. The van der Waals surface area contributed by atoms with Crippen molar-refractivity contribution in [2.45, 2.75) is 74.2 Å². The van der Waals surface area contributed by atoms with Gasteiger partial charge in [0.05, 0.1) is 25.4 Å². The second kappa shape index (κ2) is 16.8. The SMILES string of the molecule is CC(=O)N[C@@H]1[C@@H](O)[C@H](O)[C@@H](CO)O[C@@H]1CC(O)P(=O)([O-])OP(=O)([O-])OC[C@H]1O[C@@H](n2ccc(=O)[nH]c2=O)[C@H](O)[C@@H]1O.[Na+].[Na+]. The van der Waals surface area contributed by atoms with E-state index in [1.54, 1.807) is 0 Å². The summed E-state index contributed by atoms with van der Waals surface area (Å²) in [7, 11) is -11.6. The molecule has 0 spiro atoms. The fraction of sp³-hybridized carbons (Fsp3) is 0.737. The summed E-state index contributed by atoms with van der Waals surface area (Å²) in [5.74, 6) is -3.37. The van der Waals surface area contributed by atoms with Crippen LogP contribution >= 0.6 is 15.4 Å². The fourth-order valence-corrected chi connectivity index (χ4v) is 6.79. The van der Waals surface area contributed by atoms with Crippen molar-refractivity contribution in [1.29, 1.82) is 0 Å². The Morgan fingerprint density at radius 1 is 1.07 bits per heavy atom. The molecular formula is C19H29N3Na2O17P2. The normalized spacial score (nSPS) is 34.1. The van der Waals surface area contributed by atoms with E-state index < -0.39 is 113 Å².